The fourth-order valence-electron chi connectivity index (χ4n) is 5.48. The van der Waals surface area contributed by atoms with Crippen molar-refractivity contribution in [1.82, 2.24) is 25.1 Å². The topological polar surface area (TPSA) is 154 Å². The van der Waals surface area contributed by atoms with Crippen LogP contribution in [0.4, 0.5) is 17.5 Å². The highest BCUT2D eigenvalue weighted by Crippen LogP contribution is 2.39. The van der Waals surface area contributed by atoms with Gasteiger partial charge in [0, 0.05) is 65.8 Å². The van der Waals surface area contributed by atoms with Crippen LogP contribution in [-0.2, 0) is 19.1 Å². The number of H-pyrrole nitrogens is 1. The number of rotatable bonds is 12. The number of hydrogen-bond acceptors (Lipinski definition) is 8. The third-order valence-electron chi connectivity index (χ3n) is 8.31. The lowest BCUT2D eigenvalue weighted by Gasteiger charge is -2.24. The molecule has 12 nitrogen and oxygen atoms in total. The number of hydrogen-bond donors (Lipinski definition) is 4. The number of carbonyl (C=O) groups excluding carboxylic acids is 3. The molecule has 1 saturated carbocycles. The number of morpholine rings is 1. The van der Waals surface area contributed by atoms with E-state index in [1.165, 1.54) is 18.9 Å². The molecular formula is C42H55BrN8O4. The lowest BCUT2D eigenvalue weighted by Crippen LogP contribution is -2.36. The molecule has 1 aromatic carbocycles. The maximum Gasteiger partial charge on any atom is 0.249 e. The van der Waals surface area contributed by atoms with Crippen molar-refractivity contribution in [3.63, 3.8) is 0 Å². The Hall–Kier alpha value is -4.98. The van der Waals surface area contributed by atoms with Crippen LogP contribution in [-0.4, -0.2) is 75.6 Å². The van der Waals surface area contributed by atoms with E-state index in [0.717, 1.165) is 59.7 Å². The van der Waals surface area contributed by atoms with Crippen LogP contribution in [0.1, 0.15) is 77.5 Å². The minimum Gasteiger partial charge on any atom is -0.379 e. The summed E-state index contributed by atoms with van der Waals surface area (Å²) in [5.41, 5.74) is 3.88. The van der Waals surface area contributed by atoms with Crippen LogP contribution in [0.25, 0.3) is 11.1 Å². The number of aromatic nitrogens is 4. The van der Waals surface area contributed by atoms with Gasteiger partial charge in [-0.05, 0) is 76.2 Å². The Balaban J connectivity index is 0.000000428. The molecule has 4 N–H and O–H groups in total. The van der Waals surface area contributed by atoms with Gasteiger partial charge in [0.15, 0.2) is 5.82 Å². The average Bonchev–Trinajstić information content (AvgIpc) is 3.96. The molecule has 1 atom stereocenters. The van der Waals surface area contributed by atoms with E-state index in [-0.39, 0.29) is 29.6 Å². The first kappa shape index (κ1) is 44.4. The van der Waals surface area contributed by atoms with E-state index in [0.29, 0.717) is 23.4 Å². The summed E-state index contributed by atoms with van der Waals surface area (Å²) in [5, 5.41) is 15.7. The largest absolute Gasteiger partial charge is 0.379 e. The smallest absolute Gasteiger partial charge is 0.249 e. The Morgan fingerprint density at radius 2 is 1.56 bits per heavy atom. The Labute approximate surface area is 333 Å². The molecule has 294 valence electrons. The molecule has 4 heterocycles. The zero-order chi connectivity index (χ0) is 40.2. The van der Waals surface area contributed by atoms with E-state index in [9.17, 15) is 14.4 Å². The quantitative estimate of drug-likeness (QED) is 0.104. The lowest BCUT2D eigenvalue weighted by atomic mass is 9.86. The second-order valence-corrected chi connectivity index (χ2v) is 13.5. The van der Waals surface area contributed by atoms with Crippen molar-refractivity contribution < 1.29 is 19.1 Å². The highest BCUT2D eigenvalue weighted by molar-refractivity contribution is 9.10. The SMILES string of the molecule is C=CC(=O)Nc1ccc(Br)cn1.CC.CC.CC(C)C(C(=O)Nc1cc(C2CC2)[nH]n1)c1cccc(-c2ccc(NC(=O)/C=C/CN3CCOCC3)nc2)c1. The number of benzene rings is 1. The Bertz CT molecular complexity index is 1820. The Morgan fingerprint density at radius 1 is 0.891 bits per heavy atom. The number of anilines is 3. The molecule has 1 aliphatic carbocycles. The van der Waals surface area contributed by atoms with Crippen LogP contribution in [0, 0.1) is 5.92 Å². The van der Waals surface area contributed by atoms with Crippen LogP contribution in [0.5, 0.6) is 0 Å². The van der Waals surface area contributed by atoms with Gasteiger partial charge < -0.3 is 20.7 Å². The molecule has 0 bridgehead atoms. The summed E-state index contributed by atoms with van der Waals surface area (Å²) in [7, 11) is 0. The van der Waals surface area contributed by atoms with Crippen molar-refractivity contribution in [2.75, 3.05) is 48.8 Å². The molecule has 2 fully saturated rings. The summed E-state index contributed by atoms with van der Waals surface area (Å²) in [6.45, 7) is 19.4. The standard InChI is InChI=1S/C30H36N6O3.C8H7BrN2O.2C2H6/c1-20(2)29(30(38)33-27-18-25(34-35-27)21-8-9-21)23-6-3-5-22(17-23)24-10-11-26(31-19-24)32-28(37)7-4-12-36-13-15-39-16-14-36;1-2-8(12)11-7-4-3-6(9)5-10-7;2*1-2/h3-7,10-11,17-21,29H,8-9,12-16H2,1-2H3,(H,31,32,37)(H2,33,34,35,38);2-5H,1H2,(H,10,11,12);2*1-2H3/b7-4+;;;. The molecule has 0 radical (unpaired) electrons. The molecule has 1 unspecified atom stereocenters. The van der Waals surface area contributed by atoms with Gasteiger partial charge in [0.1, 0.15) is 11.6 Å². The fourth-order valence-corrected chi connectivity index (χ4v) is 5.72. The first-order chi connectivity index (χ1) is 26.7. The summed E-state index contributed by atoms with van der Waals surface area (Å²) in [4.78, 5) is 47.0. The van der Waals surface area contributed by atoms with Gasteiger partial charge >= 0.3 is 0 Å². The summed E-state index contributed by atoms with van der Waals surface area (Å²) in [6, 6.07) is 17.1. The predicted octanol–water partition coefficient (Wildman–Crippen LogP) is 8.58. The number of halogens is 1. The van der Waals surface area contributed by atoms with Crippen molar-refractivity contribution in [2.24, 2.45) is 5.92 Å². The number of ether oxygens (including phenoxy) is 1. The average molecular weight is 816 g/mol. The second-order valence-electron chi connectivity index (χ2n) is 12.6. The van der Waals surface area contributed by atoms with Crippen LogP contribution >= 0.6 is 15.9 Å². The maximum absolute atomic E-state index is 13.3. The third kappa shape index (κ3) is 15.0. The third-order valence-corrected chi connectivity index (χ3v) is 8.78. The minimum absolute atomic E-state index is 0.0751. The first-order valence-corrected chi connectivity index (χ1v) is 19.7. The van der Waals surface area contributed by atoms with Crippen molar-refractivity contribution in [3.8, 4) is 11.1 Å². The first-order valence-electron chi connectivity index (χ1n) is 18.9. The Kier molecular flexibility index (Phi) is 19.2. The molecule has 6 rings (SSSR count). The van der Waals surface area contributed by atoms with Crippen LogP contribution in [0.2, 0.25) is 0 Å². The Morgan fingerprint density at radius 3 is 2.16 bits per heavy atom. The summed E-state index contributed by atoms with van der Waals surface area (Å²) in [5.74, 6) is 1.34. The number of nitrogens with zero attached hydrogens (tertiary/aromatic N) is 4. The van der Waals surface area contributed by atoms with E-state index in [1.54, 1.807) is 36.7 Å². The number of amides is 3. The van der Waals surface area contributed by atoms with Crippen molar-refractivity contribution in [3.05, 3.63) is 108 Å². The van der Waals surface area contributed by atoms with Crippen LogP contribution in [0.3, 0.4) is 0 Å². The normalized spacial score (nSPS) is 14.2. The molecule has 1 aliphatic heterocycles. The molecule has 3 amide bonds. The molecular weight excluding hydrogens is 760 g/mol. The van der Waals surface area contributed by atoms with Gasteiger partial charge in [-0.2, -0.15) is 5.10 Å². The number of carbonyl (C=O) groups is 3. The van der Waals surface area contributed by atoms with Crippen LogP contribution in [0.15, 0.2) is 96.3 Å². The van der Waals surface area contributed by atoms with Gasteiger partial charge in [-0.3, -0.25) is 24.4 Å². The number of aromatic amines is 1. The van der Waals surface area contributed by atoms with Gasteiger partial charge in [-0.1, -0.05) is 78.5 Å². The molecule has 13 heteroatoms. The summed E-state index contributed by atoms with van der Waals surface area (Å²) >= 11 is 3.23. The van der Waals surface area contributed by atoms with E-state index in [2.05, 4.69) is 63.5 Å². The van der Waals surface area contributed by atoms with E-state index in [1.807, 2.05) is 84.0 Å². The number of nitrogens with one attached hydrogen (secondary N) is 4. The van der Waals surface area contributed by atoms with Gasteiger partial charge in [-0.15, -0.1) is 0 Å². The van der Waals surface area contributed by atoms with Crippen molar-refractivity contribution in [1.29, 1.82) is 0 Å². The minimum atomic E-state index is -0.332. The predicted molar refractivity (Wildman–Crippen MR) is 225 cm³/mol. The molecule has 4 aromatic rings. The molecule has 55 heavy (non-hydrogen) atoms. The summed E-state index contributed by atoms with van der Waals surface area (Å²) < 4.78 is 6.22. The van der Waals surface area contributed by atoms with E-state index in [4.69, 9.17) is 4.74 Å². The monoisotopic (exact) mass is 814 g/mol. The van der Waals surface area contributed by atoms with E-state index >= 15 is 0 Å². The zero-order valence-electron chi connectivity index (χ0n) is 32.8. The van der Waals surface area contributed by atoms with Gasteiger partial charge in [0.25, 0.3) is 0 Å². The highest BCUT2D eigenvalue weighted by atomic mass is 79.9. The van der Waals surface area contributed by atoms with Gasteiger partial charge in [0.2, 0.25) is 17.7 Å². The van der Waals surface area contributed by atoms with Crippen molar-refractivity contribution >= 4 is 51.1 Å². The van der Waals surface area contributed by atoms with Gasteiger partial charge in [-0.25, -0.2) is 9.97 Å². The van der Waals surface area contributed by atoms with Crippen molar-refractivity contribution in [2.45, 2.75) is 66.2 Å². The molecule has 2 aliphatic rings. The lowest BCUT2D eigenvalue weighted by molar-refractivity contribution is -0.118. The highest BCUT2D eigenvalue weighted by Gasteiger charge is 2.28. The molecule has 0 spiro atoms. The maximum atomic E-state index is 13.3. The summed E-state index contributed by atoms with van der Waals surface area (Å²) in [6.07, 6.45) is 10.3. The number of pyridine rings is 2. The second kappa shape index (κ2) is 23.7. The van der Waals surface area contributed by atoms with Crippen LogP contribution < -0.4 is 16.0 Å². The fraction of sp³-hybridized carbons (Fsp3) is 0.381. The molecule has 1 saturated heterocycles. The molecule has 3 aromatic heterocycles. The van der Waals surface area contributed by atoms with Gasteiger partial charge in [0.05, 0.1) is 19.1 Å². The zero-order valence-corrected chi connectivity index (χ0v) is 34.4. The van der Waals surface area contributed by atoms with E-state index < -0.39 is 0 Å².